The van der Waals surface area contributed by atoms with Gasteiger partial charge in [-0.05, 0) is 25.3 Å². The third-order valence-corrected chi connectivity index (χ3v) is 5.26. The maximum absolute atomic E-state index is 11.8. The largest absolute Gasteiger partial charge is 0.384 e. The lowest BCUT2D eigenvalue weighted by atomic mass is 10.00. The predicted octanol–water partition coefficient (Wildman–Crippen LogP) is 1.56. The molecule has 8 heteroatoms. The maximum Gasteiger partial charge on any atom is 0.317 e. The summed E-state index contributed by atoms with van der Waals surface area (Å²) in [6, 6.07) is 3.67. The van der Waals surface area contributed by atoms with Crippen molar-refractivity contribution in [3.8, 4) is 0 Å². The van der Waals surface area contributed by atoms with Gasteiger partial charge < -0.3 is 20.4 Å². The van der Waals surface area contributed by atoms with Crippen molar-refractivity contribution in [2.75, 3.05) is 42.9 Å². The van der Waals surface area contributed by atoms with Crippen molar-refractivity contribution >= 4 is 23.1 Å². The number of hydrogen-bond acceptors (Lipinski definition) is 5. The molecule has 4 rings (SSSR count). The quantitative estimate of drug-likeness (QED) is 0.648. The van der Waals surface area contributed by atoms with Crippen LogP contribution < -0.4 is 15.5 Å². The van der Waals surface area contributed by atoms with Gasteiger partial charge in [-0.15, -0.1) is 0 Å². The monoisotopic (exact) mass is 331 g/mol. The molecule has 0 saturated carbocycles. The molecule has 2 amide bonds. The Labute approximate surface area is 139 Å². The fourth-order valence-corrected chi connectivity index (χ4v) is 4.10. The molecule has 0 atom stereocenters. The zero-order valence-electron chi connectivity index (χ0n) is 13.5. The molecule has 1 aromatic rings. The summed E-state index contributed by atoms with van der Waals surface area (Å²) >= 11 is 0. The van der Waals surface area contributed by atoms with Gasteiger partial charge in [0.2, 0.25) is 0 Å². The van der Waals surface area contributed by atoms with Crippen molar-refractivity contribution < 1.29 is 9.72 Å². The SMILES string of the molecule is O=C1NCCN1C1CCN(c2c([N+](=O)[O-])ccc3c2CCN3)CC1. The van der Waals surface area contributed by atoms with Crippen LogP contribution in [0, 0.1) is 10.1 Å². The van der Waals surface area contributed by atoms with Gasteiger partial charge in [0.05, 0.1) is 4.92 Å². The van der Waals surface area contributed by atoms with Crippen molar-refractivity contribution in [2.45, 2.75) is 25.3 Å². The van der Waals surface area contributed by atoms with Crippen LogP contribution in [0.3, 0.4) is 0 Å². The first-order valence-electron chi connectivity index (χ1n) is 8.48. The summed E-state index contributed by atoms with van der Waals surface area (Å²) in [7, 11) is 0. The number of nitrogens with one attached hydrogen (secondary N) is 2. The molecule has 128 valence electrons. The highest BCUT2D eigenvalue weighted by Crippen LogP contribution is 2.40. The molecule has 0 spiro atoms. The van der Waals surface area contributed by atoms with E-state index in [0.29, 0.717) is 6.54 Å². The van der Waals surface area contributed by atoms with E-state index in [1.165, 1.54) is 0 Å². The van der Waals surface area contributed by atoms with Gasteiger partial charge in [-0.25, -0.2) is 4.79 Å². The van der Waals surface area contributed by atoms with E-state index in [9.17, 15) is 14.9 Å². The van der Waals surface area contributed by atoms with Crippen molar-refractivity contribution in [2.24, 2.45) is 0 Å². The molecule has 0 unspecified atom stereocenters. The smallest absolute Gasteiger partial charge is 0.317 e. The van der Waals surface area contributed by atoms with Crippen molar-refractivity contribution in [1.29, 1.82) is 0 Å². The highest BCUT2D eigenvalue weighted by Gasteiger charge is 2.34. The Hall–Kier alpha value is -2.51. The molecule has 2 N–H and O–H groups in total. The molecule has 3 heterocycles. The minimum Gasteiger partial charge on any atom is -0.384 e. The highest BCUT2D eigenvalue weighted by atomic mass is 16.6. The second kappa shape index (κ2) is 5.85. The van der Waals surface area contributed by atoms with Gasteiger partial charge in [-0.1, -0.05) is 0 Å². The normalized spacial score (nSPS) is 20.8. The lowest BCUT2D eigenvalue weighted by molar-refractivity contribution is -0.384. The summed E-state index contributed by atoms with van der Waals surface area (Å²) in [5, 5.41) is 17.6. The molecule has 0 radical (unpaired) electrons. The number of urea groups is 1. The molecule has 2 fully saturated rings. The van der Waals surface area contributed by atoms with Crippen LogP contribution in [0.15, 0.2) is 12.1 Å². The van der Waals surface area contributed by atoms with Crippen LogP contribution in [0.1, 0.15) is 18.4 Å². The Morgan fingerprint density at radius 2 is 1.92 bits per heavy atom. The van der Waals surface area contributed by atoms with Crippen molar-refractivity contribution in [1.82, 2.24) is 10.2 Å². The van der Waals surface area contributed by atoms with Crippen molar-refractivity contribution in [3.63, 3.8) is 0 Å². The van der Waals surface area contributed by atoms with Crippen LogP contribution in [0.25, 0.3) is 0 Å². The number of nitrogens with zero attached hydrogens (tertiary/aromatic N) is 3. The van der Waals surface area contributed by atoms with E-state index in [-0.39, 0.29) is 22.7 Å². The fraction of sp³-hybridized carbons (Fsp3) is 0.562. The van der Waals surface area contributed by atoms with Gasteiger partial charge in [-0.3, -0.25) is 10.1 Å². The molecule has 0 aliphatic carbocycles. The molecule has 2 saturated heterocycles. The summed E-state index contributed by atoms with van der Waals surface area (Å²) in [6.45, 7) is 3.78. The summed E-state index contributed by atoms with van der Waals surface area (Å²) in [5.74, 6) is 0. The number of fused-ring (bicyclic) bond motifs is 1. The minimum atomic E-state index is -0.284. The second-order valence-corrected chi connectivity index (χ2v) is 6.54. The van der Waals surface area contributed by atoms with Gasteiger partial charge in [-0.2, -0.15) is 0 Å². The maximum atomic E-state index is 11.8. The number of nitro groups is 1. The number of anilines is 2. The lowest BCUT2D eigenvalue weighted by Crippen LogP contribution is -2.46. The van der Waals surface area contributed by atoms with E-state index in [0.717, 1.165) is 62.4 Å². The number of rotatable bonds is 3. The summed E-state index contributed by atoms with van der Waals surface area (Å²) in [5.41, 5.74) is 3.03. The molecule has 0 aromatic heterocycles. The van der Waals surface area contributed by atoms with Crippen molar-refractivity contribution in [3.05, 3.63) is 27.8 Å². The Bertz CT molecular complexity index is 685. The summed E-state index contributed by atoms with van der Waals surface area (Å²) in [4.78, 5) is 27.1. The number of carbonyl (C=O) groups is 1. The van der Waals surface area contributed by atoms with E-state index < -0.39 is 0 Å². The number of carbonyl (C=O) groups excluding carboxylic acids is 1. The van der Waals surface area contributed by atoms with Gasteiger partial charge in [0.15, 0.2) is 0 Å². The Kier molecular flexibility index (Phi) is 3.66. The van der Waals surface area contributed by atoms with Crippen LogP contribution >= 0.6 is 0 Å². The predicted molar refractivity (Wildman–Crippen MR) is 90.6 cm³/mol. The number of piperidine rings is 1. The first-order chi connectivity index (χ1) is 11.6. The number of nitro benzene ring substituents is 1. The highest BCUT2D eigenvalue weighted by molar-refractivity contribution is 5.78. The first-order valence-corrected chi connectivity index (χ1v) is 8.48. The zero-order valence-corrected chi connectivity index (χ0v) is 13.5. The standard InChI is InChI=1S/C16H21N5O3/c22-16-18-7-10-20(16)11-4-8-19(9-5-11)15-12-3-6-17-13(12)1-2-14(15)21(23)24/h1-2,11,17H,3-10H2,(H,18,22). The lowest BCUT2D eigenvalue weighted by Gasteiger charge is -2.37. The van der Waals surface area contributed by atoms with Gasteiger partial charge in [0.25, 0.3) is 5.69 Å². The molecule has 8 nitrogen and oxygen atoms in total. The van der Waals surface area contributed by atoms with Gasteiger partial charge in [0.1, 0.15) is 5.69 Å². The summed E-state index contributed by atoms with van der Waals surface area (Å²) in [6.07, 6.45) is 2.52. The molecule has 1 aromatic carbocycles. The van der Waals surface area contributed by atoms with Crippen LogP contribution in [0.5, 0.6) is 0 Å². The molecular formula is C16H21N5O3. The van der Waals surface area contributed by atoms with Crippen LogP contribution in [0.2, 0.25) is 0 Å². The third kappa shape index (κ3) is 2.42. The molecule has 3 aliphatic rings. The Balaban J connectivity index is 1.56. The second-order valence-electron chi connectivity index (χ2n) is 6.54. The van der Waals surface area contributed by atoms with Crippen LogP contribution in [-0.4, -0.2) is 54.6 Å². The fourth-order valence-electron chi connectivity index (χ4n) is 4.10. The van der Waals surface area contributed by atoms with E-state index in [1.807, 2.05) is 11.0 Å². The molecule has 3 aliphatic heterocycles. The van der Waals surface area contributed by atoms with E-state index in [4.69, 9.17) is 0 Å². The average molecular weight is 331 g/mol. The summed E-state index contributed by atoms with van der Waals surface area (Å²) < 4.78 is 0. The number of hydrogen-bond donors (Lipinski definition) is 2. The average Bonchev–Trinajstić information content (AvgIpc) is 3.22. The zero-order chi connectivity index (χ0) is 16.7. The number of amides is 2. The van der Waals surface area contributed by atoms with Crippen LogP contribution in [0.4, 0.5) is 21.9 Å². The van der Waals surface area contributed by atoms with E-state index in [2.05, 4.69) is 15.5 Å². The molecule has 24 heavy (non-hydrogen) atoms. The Morgan fingerprint density at radius 3 is 2.58 bits per heavy atom. The Morgan fingerprint density at radius 1 is 1.12 bits per heavy atom. The van der Waals surface area contributed by atoms with Gasteiger partial charge >= 0.3 is 6.03 Å². The first kappa shape index (κ1) is 15.0. The van der Waals surface area contributed by atoms with Gasteiger partial charge in [0, 0.05) is 56.1 Å². The molecular weight excluding hydrogens is 310 g/mol. The minimum absolute atomic E-state index is 0.0178. The van der Waals surface area contributed by atoms with E-state index in [1.54, 1.807) is 6.07 Å². The van der Waals surface area contributed by atoms with Crippen LogP contribution in [-0.2, 0) is 6.42 Å². The molecule has 0 bridgehead atoms. The van der Waals surface area contributed by atoms with E-state index >= 15 is 0 Å². The topological polar surface area (TPSA) is 90.8 Å². The third-order valence-electron chi connectivity index (χ3n) is 5.26. The number of benzene rings is 1.